The lowest BCUT2D eigenvalue weighted by atomic mass is 9.99. The first-order valence-corrected chi connectivity index (χ1v) is 4.54. The third kappa shape index (κ3) is 1.52. The Balaban J connectivity index is 2.27. The standard InChI is InChI=1S/C8H12FN3O3/c1-8(9)6(14)5(2-13)15-7(8)12-4-10-3-11-12/h3-7,13-14H,2H2,1H3/t5-,6-,7-,8+/m1/s1. The molecule has 2 rings (SSSR count). The Kier molecular flexibility index (Phi) is 2.45. The number of nitrogens with zero attached hydrogens (tertiary/aromatic N) is 3. The van der Waals surface area contributed by atoms with Crippen LogP contribution >= 0.6 is 0 Å². The highest BCUT2D eigenvalue weighted by atomic mass is 19.1. The Morgan fingerprint density at radius 3 is 2.87 bits per heavy atom. The summed E-state index contributed by atoms with van der Waals surface area (Å²) in [7, 11) is 0. The molecule has 0 amide bonds. The van der Waals surface area contributed by atoms with E-state index in [0.717, 1.165) is 0 Å². The highest BCUT2D eigenvalue weighted by molar-refractivity contribution is 4.98. The Morgan fingerprint density at radius 2 is 2.40 bits per heavy atom. The van der Waals surface area contributed by atoms with Gasteiger partial charge in [-0.05, 0) is 6.92 Å². The third-order valence-corrected chi connectivity index (χ3v) is 2.57. The van der Waals surface area contributed by atoms with Crippen molar-refractivity contribution < 1.29 is 19.3 Å². The largest absolute Gasteiger partial charge is 0.394 e. The molecule has 0 unspecified atom stereocenters. The molecule has 2 N–H and O–H groups in total. The number of ether oxygens (including phenoxy) is 1. The highest BCUT2D eigenvalue weighted by Gasteiger charge is 2.55. The van der Waals surface area contributed by atoms with Crippen molar-refractivity contribution in [2.75, 3.05) is 6.61 Å². The van der Waals surface area contributed by atoms with Gasteiger partial charge in [0.05, 0.1) is 6.61 Å². The average molecular weight is 217 g/mol. The van der Waals surface area contributed by atoms with Gasteiger partial charge in [-0.3, -0.25) is 0 Å². The molecule has 1 aromatic rings. The van der Waals surface area contributed by atoms with E-state index in [9.17, 15) is 9.50 Å². The molecule has 1 saturated heterocycles. The number of hydrogen-bond donors (Lipinski definition) is 2. The second kappa shape index (κ2) is 3.51. The zero-order valence-electron chi connectivity index (χ0n) is 8.12. The molecule has 6 nitrogen and oxygen atoms in total. The van der Waals surface area contributed by atoms with Crippen LogP contribution in [0.2, 0.25) is 0 Å². The van der Waals surface area contributed by atoms with Gasteiger partial charge in [0.25, 0.3) is 0 Å². The van der Waals surface area contributed by atoms with Gasteiger partial charge >= 0.3 is 0 Å². The van der Waals surface area contributed by atoms with Gasteiger partial charge in [0.1, 0.15) is 24.9 Å². The van der Waals surface area contributed by atoms with Crippen molar-refractivity contribution in [1.29, 1.82) is 0 Å². The van der Waals surface area contributed by atoms with Crippen molar-refractivity contribution >= 4 is 0 Å². The van der Waals surface area contributed by atoms with E-state index in [4.69, 9.17) is 9.84 Å². The molecule has 0 aromatic carbocycles. The number of hydrogen-bond acceptors (Lipinski definition) is 5. The molecule has 1 aromatic heterocycles. The van der Waals surface area contributed by atoms with Gasteiger partial charge in [-0.1, -0.05) is 0 Å². The second-order valence-corrected chi connectivity index (χ2v) is 3.68. The minimum Gasteiger partial charge on any atom is -0.394 e. The Hall–Kier alpha value is -1.05. The van der Waals surface area contributed by atoms with Crippen LogP contribution in [-0.4, -0.2) is 49.5 Å². The lowest BCUT2D eigenvalue weighted by Gasteiger charge is -2.23. The summed E-state index contributed by atoms with van der Waals surface area (Å²) >= 11 is 0. The van der Waals surface area contributed by atoms with Crippen molar-refractivity contribution in [2.24, 2.45) is 0 Å². The molecule has 1 aliphatic rings. The van der Waals surface area contributed by atoms with Gasteiger partial charge in [-0.15, -0.1) is 0 Å². The zero-order valence-corrected chi connectivity index (χ0v) is 8.12. The van der Waals surface area contributed by atoms with Crippen LogP contribution < -0.4 is 0 Å². The van der Waals surface area contributed by atoms with E-state index in [-0.39, 0.29) is 0 Å². The van der Waals surface area contributed by atoms with Crippen LogP contribution in [0.3, 0.4) is 0 Å². The Labute approximate surface area is 85.3 Å². The molecule has 1 fully saturated rings. The lowest BCUT2D eigenvalue weighted by molar-refractivity contribution is -0.0653. The van der Waals surface area contributed by atoms with Crippen molar-refractivity contribution in [1.82, 2.24) is 14.8 Å². The summed E-state index contributed by atoms with van der Waals surface area (Å²) < 4.78 is 20.4. The lowest BCUT2D eigenvalue weighted by Crippen LogP contribution is -2.40. The molecule has 2 heterocycles. The van der Waals surface area contributed by atoms with E-state index in [1.165, 1.54) is 24.3 Å². The average Bonchev–Trinajstić information content (AvgIpc) is 2.76. The van der Waals surface area contributed by atoms with Crippen LogP contribution in [0.15, 0.2) is 12.7 Å². The number of aromatic nitrogens is 3. The van der Waals surface area contributed by atoms with Crippen LogP contribution in [0.4, 0.5) is 4.39 Å². The van der Waals surface area contributed by atoms with Crippen molar-refractivity contribution in [3.05, 3.63) is 12.7 Å². The van der Waals surface area contributed by atoms with Crippen LogP contribution in [0.25, 0.3) is 0 Å². The summed E-state index contributed by atoms with van der Waals surface area (Å²) in [5.41, 5.74) is -2.00. The van der Waals surface area contributed by atoms with Crippen LogP contribution in [0.1, 0.15) is 13.2 Å². The molecule has 4 atom stereocenters. The van der Waals surface area contributed by atoms with E-state index in [2.05, 4.69) is 10.1 Å². The van der Waals surface area contributed by atoms with Gasteiger partial charge in [0, 0.05) is 0 Å². The van der Waals surface area contributed by atoms with E-state index < -0.39 is 30.7 Å². The molecule has 1 aliphatic heterocycles. The van der Waals surface area contributed by atoms with Crippen molar-refractivity contribution in [3.63, 3.8) is 0 Å². The summed E-state index contributed by atoms with van der Waals surface area (Å²) in [6, 6.07) is 0. The monoisotopic (exact) mass is 217 g/mol. The van der Waals surface area contributed by atoms with Gasteiger partial charge in [0.15, 0.2) is 11.9 Å². The van der Waals surface area contributed by atoms with Gasteiger partial charge in [-0.2, -0.15) is 5.10 Å². The van der Waals surface area contributed by atoms with Crippen LogP contribution in [-0.2, 0) is 4.74 Å². The normalized spacial score (nSPS) is 40.9. The van der Waals surface area contributed by atoms with Crippen LogP contribution in [0.5, 0.6) is 0 Å². The van der Waals surface area contributed by atoms with Gasteiger partial charge in [-0.25, -0.2) is 14.1 Å². The fourth-order valence-corrected chi connectivity index (χ4v) is 1.68. The maximum atomic E-state index is 14.1. The number of rotatable bonds is 2. The highest BCUT2D eigenvalue weighted by Crippen LogP contribution is 2.40. The van der Waals surface area contributed by atoms with Crippen molar-refractivity contribution in [2.45, 2.75) is 31.0 Å². The first-order valence-electron chi connectivity index (χ1n) is 4.54. The summed E-state index contributed by atoms with van der Waals surface area (Å²) in [5.74, 6) is 0. The van der Waals surface area contributed by atoms with E-state index in [1.807, 2.05) is 0 Å². The predicted octanol–water partition coefficient (Wildman–Crippen LogP) is -0.743. The minimum atomic E-state index is -2.00. The molecular weight excluding hydrogens is 205 g/mol. The Morgan fingerprint density at radius 1 is 1.67 bits per heavy atom. The number of aliphatic hydroxyl groups is 2. The molecular formula is C8H12FN3O3. The number of aliphatic hydroxyl groups excluding tert-OH is 2. The Bertz CT molecular complexity index is 330. The molecule has 0 radical (unpaired) electrons. The quantitative estimate of drug-likeness (QED) is 0.681. The zero-order chi connectivity index (χ0) is 11.1. The van der Waals surface area contributed by atoms with Gasteiger partial charge < -0.3 is 14.9 Å². The maximum absolute atomic E-state index is 14.1. The third-order valence-electron chi connectivity index (χ3n) is 2.57. The fourth-order valence-electron chi connectivity index (χ4n) is 1.68. The summed E-state index contributed by atoms with van der Waals surface area (Å²) in [5, 5.41) is 22.2. The SMILES string of the molecule is C[C@]1(F)[C@H](O)[C@@H](CO)O[C@H]1n1cncn1. The molecule has 0 spiro atoms. The molecule has 0 aliphatic carbocycles. The summed E-state index contributed by atoms with van der Waals surface area (Å²) in [6.07, 6.45) is -0.828. The maximum Gasteiger partial charge on any atom is 0.188 e. The smallest absolute Gasteiger partial charge is 0.188 e. The fraction of sp³-hybridized carbons (Fsp3) is 0.750. The predicted molar refractivity (Wildman–Crippen MR) is 46.5 cm³/mol. The molecule has 84 valence electrons. The topological polar surface area (TPSA) is 80.4 Å². The number of alkyl halides is 1. The molecule has 15 heavy (non-hydrogen) atoms. The summed E-state index contributed by atoms with van der Waals surface area (Å²) in [4.78, 5) is 3.67. The number of halogens is 1. The minimum absolute atomic E-state index is 0.439. The van der Waals surface area contributed by atoms with E-state index in [0.29, 0.717) is 0 Å². The second-order valence-electron chi connectivity index (χ2n) is 3.68. The van der Waals surface area contributed by atoms with E-state index in [1.54, 1.807) is 0 Å². The van der Waals surface area contributed by atoms with E-state index >= 15 is 0 Å². The first kappa shape index (κ1) is 10.5. The first-order chi connectivity index (χ1) is 7.07. The summed E-state index contributed by atoms with van der Waals surface area (Å²) in [6.45, 7) is 0.769. The van der Waals surface area contributed by atoms with Crippen LogP contribution in [0, 0.1) is 0 Å². The molecule has 7 heteroatoms. The molecule has 0 bridgehead atoms. The van der Waals surface area contributed by atoms with Gasteiger partial charge in [0.2, 0.25) is 0 Å². The van der Waals surface area contributed by atoms with Crippen molar-refractivity contribution in [3.8, 4) is 0 Å². The molecule has 0 saturated carbocycles.